The van der Waals surface area contributed by atoms with Crippen LogP contribution in [0.5, 0.6) is 0 Å². The van der Waals surface area contributed by atoms with Crippen molar-refractivity contribution < 1.29 is 28.9 Å². The van der Waals surface area contributed by atoms with Crippen molar-refractivity contribution in [3.8, 4) is 0 Å². The molecule has 1 aromatic heterocycles. The maximum atomic E-state index is 13.1. The Morgan fingerprint density at radius 1 is 1.04 bits per heavy atom. The maximum Gasteiger partial charge on any atom is 0.339 e. The van der Waals surface area contributed by atoms with Crippen LogP contribution in [0.1, 0.15) is 117 Å². The molecule has 6 aliphatic rings. The number of nitrogens with zero attached hydrogens (tertiary/aromatic N) is 1. The SMILES string of the molecule is CC(=O)OC(C1CC(C)C2C(CC3C4CCC5C(C)(C)C(OC(=O)c6cccnc6)CCC56C(C)C46CCC32C)O1)C(C)(C)O. The highest BCUT2D eigenvalue weighted by atomic mass is 16.6. The van der Waals surface area contributed by atoms with Gasteiger partial charge in [-0.1, -0.05) is 34.6 Å². The monoisotopic (exact) mass is 621 g/mol. The van der Waals surface area contributed by atoms with Gasteiger partial charge in [0, 0.05) is 24.7 Å². The van der Waals surface area contributed by atoms with Gasteiger partial charge in [-0.05, 0) is 129 Å². The third kappa shape index (κ3) is 4.30. The topological polar surface area (TPSA) is 95.0 Å². The van der Waals surface area contributed by atoms with Crippen LogP contribution < -0.4 is 0 Å². The standard InChI is InChI=1S/C38H55NO6/c1-21-18-28(32(35(6,7)42)43-23(3)40)44-27-19-26-25-11-12-29-34(4,5)30(45-33(41)24-10-9-17-39-20-24)13-14-38(29)22(2)37(25,38)16-15-36(26,8)31(21)27/h9-10,17,20-22,25-32,42H,11-16,18-19H2,1-8H3. The minimum Gasteiger partial charge on any atom is -0.458 e. The van der Waals surface area contributed by atoms with Crippen molar-refractivity contribution in [3.05, 3.63) is 30.1 Å². The van der Waals surface area contributed by atoms with Crippen LogP contribution in [-0.2, 0) is 19.0 Å². The molecule has 5 aliphatic carbocycles. The van der Waals surface area contributed by atoms with Gasteiger partial charge in [0.25, 0.3) is 0 Å². The van der Waals surface area contributed by atoms with Crippen LogP contribution in [0.4, 0.5) is 0 Å². The zero-order valence-electron chi connectivity index (χ0n) is 28.7. The van der Waals surface area contributed by atoms with Crippen LogP contribution in [-0.4, -0.2) is 52.0 Å². The number of aliphatic hydroxyl groups is 1. The lowest BCUT2D eigenvalue weighted by molar-refractivity contribution is -0.208. The van der Waals surface area contributed by atoms with Crippen molar-refractivity contribution in [1.82, 2.24) is 4.98 Å². The third-order valence-corrected chi connectivity index (χ3v) is 15.0. The predicted molar refractivity (Wildman–Crippen MR) is 170 cm³/mol. The predicted octanol–water partition coefficient (Wildman–Crippen LogP) is 7.01. The molecule has 0 amide bonds. The van der Waals surface area contributed by atoms with E-state index in [9.17, 15) is 14.7 Å². The number of hydrogen-bond donors (Lipinski definition) is 1. The van der Waals surface area contributed by atoms with E-state index in [0.29, 0.717) is 51.9 Å². The van der Waals surface area contributed by atoms with Crippen molar-refractivity contribution in [2.75, 3.05) is 0 Å². The van der Waals surface area contributed by atoms with E-state index in [1.54, 1.807) is 38.4 Å². The normalized spacial score (nSPS) is 46.7. The van der Waals surface area contributed by atoms with E-state index in [1.807, 2.05) is 0 Å². The van der Waals surface area contributed by atoms with Gasteiger partial charge in [-0.3, -0.25) is 9.78 Å². The number of hydrogen-bond acceptors (Lipinski definition) is 7. The number of aromatic nitrogens is 1. The second kappa shape index (κ2) is 10.3. The number of pyridine rings is 1. The summed E-state index contributed by atoms with van der Waals surface area (Å²) in [5.41, 5.74) is 0.189. The Labute approximate surface area is 269 Å². The van der Waals surface area contributed by atoms with Crippen LogP contribution >= 0.6 is 0 Å². The Morgan fingerprint density at radius 3 is 2.47 bits per heavy atom. The fraction of sp³-hybridized carbons (Fsp3) is 0.816. The molecule has 2 heterocycles. The number of carbonyl (C=O) groups excluding carboxylic acids is 2. The minimum atomic E-state index is -1.17. The summed E-state index contributed by atoms with van der Waals surface area (Å²) in [4.78, 5) is 29.3. The van der Waals surface area contributed by atoms with E-state index in [-0.39, 0.29) is 41.1 Å². The maximum absolute atomic E-state index is 13.1. The van der Waals surface area contributed by atoms with E-state index in [1.165, 1.54) is 32.6 Å². The highest BCUT2D eigenvalue weighted by Crippen LogP contribution is 2.89. The van der Waals surface area contributed by atoms with Gasteiger partial charge in [-0.15, -0.1) is 0 Å². The molecule has 1 aromatic rings. The highest BCUT2D eigenvalue weighted by molar-refractivity contribution is 5.89. The fourth-order valence-electron chi connectivity index (χ4n) is 13.5. The summed E-state index contributed by atoms with van der Waals surface area (Å²) in [6.45, 7) is 17.1. The summed E-state index contributed by atoms with van der Waals surface area (Å²) in [6, 6.07) is 3.59. The first kappa shape index (κ1) is 31.6. The Balaban J connectivity index is 1.13. The van der Waals surface area contributed by atoms with Crippen LogP contribution in [0.15, 0.2) is 24.5 Å². The van der Waals surface area contributed by atoms with E-state index in [4.69, 9.17) is 14.2 Å². The Kier molecular flexibility index (Phi) is 7.20. The molecular weight excluding hydrogens is 566 g/mol. The molecular formula is C38H55NO6. The summed E-state index contributed by atoms with van der Waals surface area (Å²) in [7, 11) is 0. The van der Waals surface area contributed by atoms with Gasteiger partial charge in [0.2, 0.25) is 0 Å². The van der Waals surface area contributed by atoms with Crippen molar-refractivity contribution in [2.45, 2.75) is 137 Å². The number of rotatable bonds is 5. The van der Waals surface area contributed by atoms with Gasteiger partial charge < -0.3 is 19.3 Å². The van der Waals surface area contributed by atoms with Gasteiger partial charge in [0.05, 0.1) is 23.4 Å². The smallest absolute Gasteiger partial charge is 0.339 e. The number of carbonyl (C=O) groups is 2. The number of ether oxygens (including phenoxy) is 3. The van der Waals surface area contributed by atoms with Crippen LogP contribution in [0.25, 0.3) is 0 Å². The van der Waals surface area contributed by atoms with Crippen LogP contribution in [0.3, 0.4) is 0 Å². The summed E-state index contributed by atoms with van der Waals surface area (Å²) < 4.78 is 18.9. The molecule has 248 valence electrons. The average molecular weight is 622 g/mol. The summed E-state index contributed by atoms with van der Waals surface area (Å²) in [5.74, 6) is 2.82. The number of fused-ring (bicyclic) bond motifs is 4. The molecule has 5 saturated carbocycles. The fourth-order valence-corrected chi connectivity index (χ4v) is 13.5. The lowest BCUT2D eigenvalue weighted by Crippen LogP contribution is -2.56. The summed E-state index contributed by atoms with van der Waals surface area (Å²) >= 11 is 0. The minimum absolute atomic E-state index is 0.0856. The Bertz CT molecular complexity index is 1340. The van der Waals surface area contributed by atoms with Gasteiger partial charge in [-0.25, -0.2) is 4.79 Å². The van der Waals surface area contributed by atoms with E-state index < -0.39 is 11.7 Å². The molecule has 0 bridgehead atoms. The molecule has 1 saturated heterocycles. The highest BCUT2D eigenvalue weighted by Gasteiger charge is 2.85. The largest absolute Gasteiger partial charge is 0.458 e. The average Bonchev–Trinajstić information content (AvgIpc) is 3.33. The molecule has 2 spiro atoms. The molecule has 6 fully saturated rings. The van der Waals surface area contributed by atoms with Gasteiger partial charge >= 0.3 is 11.9 Å². The summed E-state index contributed by atoms with van der Waals surface area (Å²) in [6.07, 6.45) is 11.3. The van der Waals surface area contributed by atoms with Crippen LogP contribution in [0, 0.1) is 57.2 Å². The molecule has 0 aromatic carbocycles. The third-order valence-electron chi connectivity index (χ3n) is 15.0. The van der Waals surface area contributed by atoms with E-state index in [0.717, 1.165) is 25.7 Å². The molecule has 7 heteroatoms. The summed E-state index contributed by atoms with van der Waals surface area (Å²) in [5, 5.41) is 11.0. The first-order valence-corrected chi connectivity index (χ1v) is 17.7. The zero-order valence-corrected chi connectivity index (χ0v) is 28.7. The molecule has 0 radical (unpaired) electrons. The molecule has 45 heavy (non-hydrogen) atoms. The van der Waals surface area contributed by atoms with E-state index in [2.05, 4.69) is 39.6 Å². The van der Waals surface area contributed by atoms with Crippen LogP contribution in [0.2, 0.25) is 0 Å². The molecule has 13 atom stereocenters. The Hall–Kier alpha value is -1.99. The number of esters is 2. The molecule has 7 nitrogen and oxygen atoms in total. The molecule has 7 rings (SSSR count). The second-order valence-corrected chi connectivity index (χ2v) is 17.5. The van der Waals surface area contributed by atoms with Gasteiger partial charge in [0.15, 0.2) is 6.10 Å². The van der Waals surface area contributed by atoms with Crippen molar-refractivity contribution in [1.29, 1.82) is 0 Å². The van der Waals surface area contributed by atoms with Crippen molar-refractivity contribution in [2.24, 2.45) is 57.2 Å². The molecule has 1 aliphatic heterocycles. The quantitative estimate of drug-likeness (QED) is 0.354. The Morgan fingerprint density at radius 2 is 1.80 bits per heavy atom. The van der Waals surface area contributed by atoms with Gasteiger partial charge in [0.1, 0.15) is 6.10 Å². The van der Waals surface area contributed by atoms with Gasteiger partial charge in [-0.2, -0.15) is 0 Å². The second-order valence-electron chi connectivity index (χ2n) is 17.5. The zero-order chi connectivity index (χ0) is 32.3. The first-order chi connectivity index (χ1) is 21.1. The molecule has 13 unspecified atom stereocenters. The van der Waals surface area contributed by atoms with Crippen molar-refractivity contribution in [3.63, 3.8) is 0 Å². The van der Waals surface area contributed by atoms with Crippen molar-refractivity contribution >= 4 is 11.9 Å². The lowest BCUT2D eigenvalue weighted by Gasteiger charge is -2.59. The molecule has 1 N–H and O–H groups in total. The first-order valence-electron chi connectivity index (χ1n) is 17.7. The lowest BCUT2D eigenvalue weighted by atomic mass is 9.46. The van der Waals surface area contributed by atoms with E-state index >= 15 is 0 Å².